The highest BCUT2D eigenvalue weighted by molar-refractivity contribution is 6.31. The molecule has 3 aromatic carbocycles. The van der Waals surface area contributed by atoms with Crippen LogP contribution in [0.4, 0.5) is 4.39 Å². The van der Waals surface area contributed by atoms with Crippen LogP contribution in [-0.2, 0) is 16.1 Å². The fourth-order valence-corrected chi connectivity index (χ4v) is 4.98. The highest BCUT2D eigenvalue weighted by Crippen LogP contribution is 2.29. The van der Waals surface area contributed by atoms with Crippen LogP contribution in [0.3, 0.4) is 0 Å². The number of halogens is 2. The van der Waals surface area contributed by atoms with Gasteiger partial charge in [0.05, 0.1) is 6.10 Å². The average molecular weight is 546 g/mol. The molecule has 6 nitrogen and oxygen atoms in total. The number of nitrogens with one attached hydrogen (secondary N) is 2. The first-order valence-electron chi connectivity index (χ1n) is 12.9. The Balaban J connectivity index is 1.52. The minimum atomic E-state index is -1.04. The zero-order valence-electron chi connectivity index (χ0n) is 21.3. The zero-order chi connectivity index (χ0) is 27.2. The fraction of sp³-hybridized carbons (Fsp3) is 0.226. The van der Waals surface area contributed by atoms with E-state index < -0.39 is 17.8 Å². The zero-order valence-corrected chi connectivity index (χ0v) is 22.0. The summed E-state index contributed by atoms with van der Waals surface area (Å²) in [6.45, 7) is 1.05. The second-order valence-corrected chi connectivity index (χ2v) is 9.92. The predicted molar refractivity (Wildman–Crippen MR) is 149 cm³/mol. The summed E-state index contributed by atoms with van der Waals surface area (Å²) in [4.78, 5) is 32.6. The number of hydrogen-bond acceptors (Lipinski definition) is 3. The van der Waals surface area contributed by atoms with Gasteiger partial charge in [-0.15, -0.1) is 0 Å². The fourth-order valence-electron chi connectivity index (χ4n) is 4.79. The van der Waals surface area contributed by atoms with E-state index in [-0.39, 0.29) is 18.6 Å². The van der Waals surface area contributed by atoms with Crippen molar-refractivity contribution in [2.75, 3.05) is 13.2 Å². The van der Waals surface area contributed by atoms with Gasteiger partial charge in [0.25, 0.3) is 5.91 Å². The predicted octanol–water partition coefficient (Wildman–Crippen LogP) is 6.15. The molecule has 0 saturated carbocycles. The molecule has 2 atom stereocenters. The van der Waals surface area contributed by atoms with Crippen molar-refractivity contribution in [3.05, 3.63) is 119 Å². The molecule has 0 bridgehead atoms. The minimum Gasteiger partial charge on any atom is -0.376 e. The van der Waals surface area contributed by atoms with E-state index in [9.17, 15) is 14.0 Å². The molecule has 1 fully saturated rings. The van der Waals surface area contributed by atoms with E-state index in [0.29, 0.717) is 35.0 Å². The Kier molecular flexibility index (Phi) is 8.39. The maximum Gasteiger partial charge on any atom is 0.271 e. The lowest BCUT2D eigenvalue weighted by molar-refractivity contribution is -0.126. The van der Waals surface area contributed by atoms with Gasteiger partial charge in [-0.05, 0) is 59.9 Å². The topological polar surface area (TPSA) is 74.4 Å². The maximum atomic E-state index is 14.1. The number of carbonyl (C=O) groups is 2. The molecule has 200 valence electrons. The number of rotatable bonds is 9. The van der Waals surface area contributed by atoms with Gasteiger partial charge in [-0.25, -0.2) is 4.39 Å². The van der Waals surface area contributed by atoms with Crippen LogP contribution < -0.4 is 5.32 Å². The Hall–Kier alpha value is -3.94. The van der Waals surface area contributed by atoms with Crippen molar-refractivity contribution in [1.29, 1.82) is 0 Å². The smallest absolute Gasteiger partial charge is 0.271 e. The van der Waals surface area contributed by atoms with Gasteiger partial charge in [0.2, 0.25) is 5.91 Å². The molecule has 39 heavy (non-hydrogen) atoms. The standard InChI is InChI=1S/C31H29ClFN3O3/c32-26-11-5-4-9-23(26)20-36(31(38)28-17-16-27(35-28)21-7-2-1-3-8-21)29(22-12-14-24(33)15-13-22)30(37)34-19-25-10-6-18-39-25/h1-5,7-9,11-17,25,29,35H,6,10,18-20H2,(H,34,37)/t25-,29+/m1/s1. The van der Waals surface area contributed by atoms with E-state index in [0.717, 1.165) is 24.1 Å². The second kappa shape index (κ2) is 12.3. The molecule has 0 unspecified atom stereocenters. The summed E-state index contributed by atoms with van der Waals surface area (Å²) in [6, 6.07) is 25.0. The van der Waals surface area contributed by atoms with Crippen molar-refractivity contribution >= 4 is 23.4 Å². The van der Waals surface area contributed by atoms with Crippen molar-refractivity contribution in [2.45, 2.75) is 31.5 Å². The number of nitrogens with zero attached hydrogens (tertiary/aromatic N) is 1. The lowest BCUT2D eigenvalue weighted by atomic mass is 10.0. The normalized spacial score (nSPS) is 15.6. The van der Waals surface area contributed by atoms with Gasteiger partial charge in [-0.3, -0.25) is 9.59 Å². The van der Waals surface area contributed by atoms with Gasteiger partial charge in [-0.1, -0.05) is 72.3 Å². The summed E-state index contributed by atoms with van der Waals surface area (Å²) in [6.07, 6.45) is 1.72. The summed E-state index contributed by atoms with van der Waals surface area (Å²) in [5, 5.41) is 3.44. The van der Waals surface area contributed by atoms with E-state index in [1.807, 2.05) is 48.5 Å². The Labute approximate surface area is 231 Å². The van der Waals surface area contributed by atoms with Crippen molar-refractivity contribution in [3.8, 4) is 11.3 Å². The lowest BCUT2D eigenvalue weighted by Crippen LogP contribution is -2.45. The third-order valence-corrected chi connectivity index (χ3v) is 7.20. The number of aromatic amines is 1. The quantitative estimate of drug-likeness (QED) is 0.265. The largest absolute Gasteiger partial charge is 0.376 e. The molecule has 5 rings (SSSR count). The monoisotopic (exact) mass is 545 g/mol. The molecule has 1 saturated heterocycles. The van der Waals surface area contributed by atoms with Crippen molar-refractivity contribution in [2.24, 2.45) is 0 Å². The highest BCUT2D eigenvalue weighted by Gasteiger charge is 2.34. The number of amides is 2. The summed E-state index contributed by atoms with van der Waals surface area (Å²) in [5.41, 5.74) is 3.19. The number of aromatic nitrogens is 1. The van der Waals surface area contributed by atoms with Crippen molar-refractivity contribution in [3.63, 3.8) is 0 Å². The van der Waals surface area contributed by atoms with Gasteiger partial charge < -0.3 is 19.9 Å². The van der Waals surface area contributed by atoms with Crippen LogP contribution in [-0.4, -0.2) is 41.0 Å². The molecule has 0 aliphatic carbocycles. The van der Waals surface area contributed by atoms with Crippen LogP contribution in [0.1, 0.15) is 40.5 Å². The van der Waals surface area contributed by atoms with Crippen LogP contribution in [0.15, 0.2) is 91.0 Å². The van der Waals surface area contributed by atoms with E-state index in [2.05, 4.69) is 10.3 Å². The lowest BCUT2D eigenvalue weighted by Gasteiger charge is -2.32. The number of benzene rings is 3. The molecule has 8 heteroatoms. The summed E-state index contributed by atoms with van der Waals surface area (Å²) in [5.74, 6) is -1.20. The van der Waals surface area contributed by atoms with Crippen LogP contribution >= 0.6 is 11.6 Å². The third-order valence-electron chi connectivity index (χ3n) is 6.83. The number of ether oxygens (including phenoxy) is 1. The second-order valence-electron chi connectivity index (χ2n) is 9.51. The molecular formula is C31H29ClFN3O3. The number of hydrogen-bond donors (Lipinski definition) is 2. The van der Waals surface area contributed by atoms with Gasteiger partial charge in [0.15, 0.2) is 0 Å². The summed E-state index contributed by atoms with van der Waals surface area (Å²) < 4.78 is 19.5. The summed E-state index contributed by atoms with van der Waals surface area (Å²) >= 11 is 6.49. The number of H-pyrrole nitrogens is 1. The first-order valence-corrected chi connectivity index (χ1v) is 13.3. The van der Waals surface area contributed by atoms with Crippen LogP contribution in [0.2, 0.25) is 5.02 Å². The molecule has 4 aromatic rings. The van der Waals surface area contributed by atoms with Crippen molar-refractivity contribution in [1.82, 2.24) is 15.2 Å². The molecular weight excluding hydrogens is 517 g/mol. The van der Waals surface area contributed by atoms with Crippen molar-refractivity contribution < 1.29 is 18.7 Å². The Morgan fingerprint density at radius 1 is 1.00 bits per heavy atom. The van der Waals surface area contributed by atoms with Gasteiger partial charge >= 0.3 is 0 Å². The molecule has 2 heterocycles. The molecule has 0 spiro atoms. The SMILES string of the molecule is O=C(NC[C@H]1CCCO1)[C@H](c1ccc(F)cc1)N(Cc1ccccc1Cl)C(=O)c1ccc(-c2ccccc2)[nH]1. The molecule has 2 amide bonds. The Morgan fingerprint density at radius 2 is 1.74 bits per heavy atom. The third kappa shape index (κ3) is 6.38. The first kappa shape index (κ1) is 26.7. The van der Waals surface area contributed by atoms with E-state index in [1.165, 1.54) is 29.2 Å². The van der Waals surface area contributed by atoms with Crippen LogP contribution in [0, 0.1) is 5.82 Å². The van der Waals surface area contributed by atoms with E-state index in [4.69, 9.17) is 16.3 Å². The Morgan fingerprint density at radius 3 is 2.46 bits per heavy atom. The molecule has 2 N–H and O–H groups in total. The number of carbonyl (C=O) groups excluding carboxylic acids is 2. The maximum absolute atomic E-state index is 14.1. The molecule has 0 radical (unpaired) electrons. The minimum absolute atomic E-state index is 0.0631. The molecule has 1 aliphatic rings. The van der Waals surface area contributed by atoms with E-state index >= 15 is 0 Å². The molecule has 1 aliphatic heterocycles. The summed E-state index contributed by atoms with van der Waals surface area (Å²) in [7, 11) is 0. The van der Waals surface area contributed by atoms with Crippen LogP contribution in [0.5, 0.6) is 0 Å². The van der Waals surface area contributed by atoms with E-state index in [1.54, 1.807) is 18.2 Å². The van der Waals surface area contributed by atoms with Gasteiger partial charge in [0, 0.05) is 30.4 Å². The average Bonchev–Trinajstić information content (AvgIpc) is 3.67. The van der Waals surface area contributed by atoms with Crippen LogP contribution in [0.25, 0.3) is 11.3 Å². The molecule has 1 aromatic heterocycles. The van der Waals surface area contributed by atoms with Gasteiger partial charge in [0.1, 0.15) is 17.6 Å². The first-order chi connectivity index (χ1) is 19.0. The van der Waals surface area contributed by atoms with Gasteiger partial charge in [-0.2, -0.15) is 0 Å². The Bertz CT molecular complexity index is 1420. The highest BCUT2D eigenvalue weighted by atomic mass is 35.5.